The van der Waals surface area contributed by atoms with E-state index in [-0.39, 0.29) is 35.9 Å². The normalized spacial score (nSPS) is 17.1. The largest absolute Gasteiger partial charge is 0.461 e. The molecule has 0 bridgehead atoms. The van der Waals surface area contributed by atoms with E-state index in [1.54, 1.807) is 19.1 Å². The summed E-state index contributed by atoms with van der Waals surface area (Å²) in [5.74, 6) is 5.36. The van der Waals surface area contributed by atoms with Crippen LogP contribution >= 0.6 is 0 Å². The highest BCUT2D eigenvalue weighted by molar-refractivity contribution is 6.04. The Bertz CT molecular complexity index is 1120. The van der Waals surface area contributed by atoms with Gasteiger partial charge in [-0.05, 0) is 57.6 Å². The summed E-state index contributed by atoms with van der Waals surface area (Å²) in [7, 11) is 3.65. The Labute approximate surface area is 215 Å². The van der Waals surface area contributed by atoms with Crippen LogP contribution in [0.3, 0.4) is 0 Å². The van der Waals surface area contributed by atoms with Gasteiger partial charge in [-0.3, -0.25) is 15.3 Å². The van der Waals surface area contributed by atoms with Crippen molar-refractivity contribution in [3.8, 4) is 6.07 Å². The van der Waals surface area contributed by atoms with E-state index in [0.29, 0.717) is 25.0 Å². The second-order valence-electron chi connectivity index (χ2n) is 8.67. The first-order valence-electron chi connectivity index (χ1n) is 11.8. The van der Waals surface area contributed by atoms with Gasteiger partial charge in [0.25, 0.3) is 0 Å². The van der Waals surface area contributed by atoms with Crippen LogP contribution in [0, 0.1) is 16.7 Å². The average Bonchev–Trinajstić information content (AvgIpc) is 2.83. The number of carbonyl (C=O) groups is 1. The van der Waals surface area contributed by atoms with E-state index in [2.05, 4.69) is 6.07 Å². The number of ether oxygens (including phenoxy) is 1. The molecule has 2 rings (SSSR count). The van der Waals surface area contributed by atoms with Crippen molar-refractivity contribution in [1.29, 1.82) is 10.7 Å². The van der Waals surface area contributed by atoms with E-state index in [1.807, 2.05) is 32.0 Å². The van der Waals surface area contributed by atoms with Crippen LogP contribution in [-0.2, 0) is 15.7 Å². The molecule has 11 heteroatoms. The number of likely N-dealkylation sites (N-methyl/N-ethyl adjacent to an activating group) is 1. The number of hydrogen-bond donors (Lipinski definition) is 2. The Kier molecular flexibility index (Phi) is 10.5. The molecule has 0 spiro atoms. The molecule has 1 aromatic carbocycles. The van der Waals surface area contributed by atoms with Gasteiger partial charge in [0.2, 0.25) is 5.96 Å². The lowest BCUT2D eigenvalue weighted by atomic mass is 9.92. The van der Waals surface area contributed by atoms with E-state index in [4.69, 9.17) is 21.3 Å². The van der Waals surface area contributed by atoms with Gasteiger partial charge in [0.05, 0.1) is 17.2 Å². The van der Waals surface area contributed by atoms with Crippen molar-refractivity contribution in [3.63, 3.8) is 0 Å². The molecule has 1 atom stereocenters. The van der Waals surface area contributed by atoms with Gasteiger partial charge < -0.3 is 9.64 Å². The summed E-state index contributed by atoms with van der Waals surface area (Å²) in [5.41, 5.74) is 0.0332. The number of benzene rings is 1. The zero-order valence-corrected chi connectivity index (χ0v) is 21.5. The van der Waals surface area contributed by atoms with Crippen LogP contribution in [0.5, 0.6) is 0 Å². The van der Waals surface area contributed by atoms with Gasteiger partial charge in [0.1, 0.15) is 12.6 Å². The summed E-state index contributed by atoms with van der Waals surface area (Å²) in [6.07, 6.45) is 2.12. The lowest BCUT2D eigenvalue weighted by Gasteiger charge is -2.43. The first-order chi connectivity index (χ1) is 17.4. The van der Waals surface area contributed by atoms with Crippen LogP contribution in [0.4, 0.5) is 18.9 Å². The van der Waals surface area contributed by atoms with Crippen molar-refractivity contribution >= 4 is 17.6 Å². The molecule has 0 amide bonds. The summed E-state index contributed by atoms with van der Waals surface area (Å²) < 4.78 is 45.8. The molecule has 0 aromatic heterocycles. The number of esters is 1. The van der Waals surface area contributed by atoms with Gasteiger partial charge in [-0.25, -0.2) is 10.6 Å². The molecule has 0 saturated heterocycles. The molecule has 1 aromatic rings. The maximum absolute atomic E-state index is 13.4. The number of allylic oxidation sites excluding steroid dienone is 3. The molecule has 0 aliphatic carbocycles. The Balaban J connectivity index is 2.71. The van der Waals surface area contributed by atoms with Crippen molar-refractivity contribution in [2.24, 2.45) is 5.84 Å². The van der Waals surface area contributed by atoms with E-state index >= 15 is 0 Å². The second-order valence-corrected chi connectivity index (χ2v) is 8.67. The monoisotopic (exact) mass is 518 g/mol. The van der Waals surface area contributed by atoms with Gasteiger partial charge in [-0.15, -0.1) is 0 Å². The van der Waals surface area contributed by atoms with Gasteiger partial charge in [-0.2, -0.15) is 18.4 Å². The number of nitrogens with zero attached hydrogens (tertiary/aromatic N) is 4. The number of hydrogen-bond acceptors (Lipinski definition) is 6. The summed E-state index contributed by atoms with van der Waals surface area (Å²) in [6.45, 7) is 4.02. The average molecular weight is 519 g/mol. The highest BCUT2D eigenvalue weighted by Gasteiger charge is 2.41. The summed E-state index contributed by atoms with van der Waals surface area (Å²) >= 11 is 0. The van der Waals surface area contributed by atoms with Crippen molar-refractivity contribution < 1.29 is 22.7 Å². The number of carbonyl (C=O) groups excluding carboxylic acids is 1. The fourth-order valence-corrected chi connectivity index (χ4v) is 3.80. The van der Waals surface area contributed by atoms with Crippen LogP contribution in [0.25, 0.3) is 0 Å². The summed E-state index contributed by atoms with van der Waals surface area (Å²) in [4.78, 5) is 16.4. The fourth-order valence-electron chi connectivity index (χ4n) is 3.80. The number of alkyl halides is 3. The molecule has 0 radical (unpaired) electrons. The minimum Gasteiger partial charge on any atom is -0.461 e. The number of halogens is 3. The summed E-state index contributed by atoms with van der Waals surface area (Å²) in [6, 6.07) is 5.61. The SMILES string of the molecule is CCC=CC(=CCCC#N)C1C(C(=O)OCCN(C)C)=C(C)N(c2cccc(C(F)(F)F)c2)C(=N)N1N. The Hall–Kier alpha value is -3.62. The quantitative estimate of drug-likeness (QED) is 0.202. The highest BCUT2D eigenvalue weighted by Crippen LogP contribution is 2.36. The van der Waals surface area contributed by atoms with Crippen LogP contribution in [0.15, 0.2) is 59.3 Å². The molecule has 0 saturated carbocycles. The molecule has 3 N–H and O–H groups in total. The van der Waals surface area contributed by atoms with E-state index < -0.39 is 23.8 Å². The van der Waals surface area contributed by atoms with Crippen LogP contribution < -0.4 is 10.7 Å². The van der Waals surface area contributed by atoms with Gasteiger partial charge in [0.15, 0.2) is 0 Å². The third kappa shape index (κ3) is 7.44. The topological polar surface area (TPSA) is 110 Å². The molecule has 1 aliphatic rings. The van der Waals surface area contributed by atoms with E-state index in [0.717, 1.165) is 17.1 Å². The minimum absolute atomic E-state index is 0.0314. The Morgan fingerprint density at radius 3 is 2.65 bits per heavy atom. The first-order valence-corrected chi connectivity index (χ1v) is 11.8. The van der Waals surface area contributed by atoms with Crippen LogP contribution in [0.2, 0.25) is 0 Å². The van der Waals surface area contributed by atoms with Crippen LogP contribution in [0.1, 0.15) is 38.7 Å². The van der Waals surface area contributed by atoms with Crippen LogP contribution in [-0.4, -0.2) is 55.1 Å². The molecule has 1 heterocycles. The van der Waals surface area contributed by atoms with E-state index in [1.165, 1.54) is 17.0 Å². The van der Waals surface area contributed by atoms with Gasteiger partial charge >= 0.3 is 12.1 Å². The molecular formula is C26H33F3N6O2. The Morgan fingerprint density at radius 1 is 1.35 bits per heavy atom. The number of nitriles is 1. The maximum atomic E-state index is 13.4. The minimum atomic E-state index is -4.59. The number of rotatable bonds is 10. The van der Waals surface area contributed by atoms with E-state index in [9.17, 15) is 18.0 Å². The predicted molar refractivity (Wildman–Crippen MR) is 136 cm³/mol. The standard InChI is InChI=1S/C26H33F3N6O2/c1-5-6-10-19(11-7-8-14-30)23-22(24(36)37-16-15-33(3)4)18(2)34(25(31)35(23)32)21-13-9-12-20(17-21)26(27,28)29/h6,9-13,17,23,31H,5,7-8,15-16,32H2,1-4H3. The lowest BCUT2D eigenvalue weighted by Crippen LogP contribution is -2.58. The van der Waals surface area contributed by atoms with Crippen molar-refractivity contribution in [2.75, 3.05) is 32.1 Å². The third-order valence-corrected chi connectivity index (χ3v) is 5.65. The number of nitrogens with two attached hydrogens (primary N) is 1. The fraction of sp³-hybridized carbons (Fsp3) is 0.423. The van der Waals surface area contributed by atoms with Crippen molar-refractivity contribution in [2.45, 2.75) is 45.3 Å². The zero-order chi connectivity index (χ0) is 27.8. The number of guanidine groups is 1. The summed E-state index contributed by atoms with van der Waals surface area (Å²) in [5, 5.41) is 18.8. The van der Waals surface area contributed by atoms with Crippen molar-refractivity contribution in [3.05, 3.63) is 64.9 Å². The smallest absolute Gasteiger partial charge is 0.416 e. The Morgan fingerprint density at radius 2 is 2.05 bits per heavy atom. The third-order valence-electron chi connectivity index (χ3n) is 5.65. The second kappa shape index (κ2) is 13.1. The molecular weight excluding hydrogens is 485 g/mol. The number of nitrogens with one attached hydrogen (secondary N) is 1. The van der Waals surface area contributed by atoms with Crippen molar-refractivity contribution in [1.82, 2.24) is 9.91 Å². The molecule has 1 aliphatic heterocycles. The van der Waals surface area contributed by atoms with Gasteiger partial charge in [0, 0.05) is 24.4 Å². The van der Waals surface area contributed by atoms with Gasteiger partial charge in [-0.1, -0.05) is 31.2 Å². The highest BCUT2D eigenvalue weighted by atomic mass is 19.4. The molecule has 8 nitrogen and oxygen atoms in total. The molecule has 37 heavy (non-hydrogen) atoms. The molecule has 1 unspecified atom stereocenters. The molecule has 0 fully saturated rings. The molecule has 200 valence electrons. The zero-order valence-electron chi connectivity index (χ0n) is 21.5. The predicted octanol–water partition coefficient (Wildman–Crippen LogP) is 4.58. The first kappa shape index (κ1) is 29.6. The number of hydrazine groups is 1. The number of unbranched alkanes of at least 4 members (excludes halogenated alkanes) is 1. The number of anilines is 1. The maximum Gasteiger partial charge on any atom is 0.416 e. The lowest BCUT2D eigenvalue weighted by molar-refractivity contribution is -0.140.